The summed E-state index contributed by atoms with van der Waals surface area (Å²) < 4.78 is 4.65. The van der Waals surface area contributed by atoms with Crippen molar-refractivity contribution in [2.45, 2.75) is 27.7 Å². The monoisotopic (exact) mass is 294 g/mol. The second-order valence-electron chi connectivity index (χ2n) is 5.29. The molecule has 1 amide bonds. The third-order valence-corrected chi connectivity index (χ3v) is 3.50. The van der Waals surface area contributed by atoms with Crippen LogP contribution in [0.1, 0.15) is 46.0 Å². The summed E-state index contributed by atoms with van der Waals surface area (Å²) >= 11 is 0. The highest BCUT2D eigenvalue weighted by Gasteiger charge is 2.24. The molecule has 116 valence electrons. The van der Waals surface area contributed by atoms with Gasteiger partial charge < -0.3 is 14.6 Å². The van der Waals surface area contributed by atoms with Crippen molar-refractivity contribution in [2.24, 2.45) is 5.92 Å². The Balaban J connectivity index is 2.96. The van der Waals surface area contributed by atoms with Gasteiger partial charge in [0.15, 0.2) is 5.78 Å². The lowest BCUT2D eigenvalue weighted by Crippen LogP contribution is -2.34. The van der Waals surface area contributed by atoms with E-state index < -0.39 is 5.92 Å². The topological polar surface area (TPSA) is 79.5 Å². The first-order chi connectivity index (χ1) is 9.70. The molecule has 0 saturated heterocycles. The number of ketones is 1. The predicted molar refractivity (Wildman–Crippen MR) is 78.4 cm³/mol. The number of nitrogens with one attached hydrogen (secondary N) is 1. The van der Waals surface area contributed by atoms with Crippen LogP contribution in [0.3, 0.4) is 0 Å². The van der Waals surface area contributed by atoms with Crippen molar-refractivity contribution in [3.63, 3.8) is 0 Å². The van der Waals surface area contributed by atoms with Crippen molar-refractivity contribution in [2.75, 3.05) is 20.7 Å². The van der Waals surface area contributed by atoms with Crippen LogP contribution in [-0.4, -0.2) is 48.2 Å². The van der Waals surface area contributed by atoms with Crippen molar-refractivity contribution >= 4 is 17.7 Å². The van der Waals surface area contributed by atoms with E-state index >= 15 is 0 Å². The molecule has 1 aromatic heterocycles. The maximum atomic E-state index is 12.4. The molecule has 21 heavy (non-hydrogen) atoms. The first-order valence-electron chi connectivity index (χ1n) is 6.74. The number of carbonyl (C=O) groups excluding carboxylic acids is 3. The lowest BCUT2D eigenvalue weighted by atomic mass is 10.1. The summed E-state index contributed by atoms with van der Waals surface area (Å²) in [5.41, 5.74) is 2.25. The number of rotatable bonds is 5. The first kappa shape index (κ1) is 16.9. The fraction of sp³-hybridized carbons (Fsp3) is 0.533. The quantitative estimate of drug-likeness (QED) is 0.662. The summed E-state index contributed by atoms with van der Waals surface area (Å²) in [4.78, 5) is 39.8. The number of aromatic nitrogens is 1. The molecule has 0 spiro atoms. The Labute approximate surface area is 124 Å². The molecule has 1 aromatic rings. The molecule has 1 heterocycles. The Morgan fingerprint density at radius 1 is 1.29 bits per heavy atom. The van der Waals surface area contributed by atoms with Crippen molar-refractivity contribution < 1.29 is 19.1 Å². The van der Waals surface area contributed by atoms with Gasteiger partial charge in [-0.2, -0.15) is 0 Å². The van der Waals surface area contributed by atoms with Gasteiger partial charge in [-0.1, -0.05) is 6.92 Å². The molecule has 1 N–H and O–H groups in total. The van der Waals surface area contributed by atoms with E-state index in [1.807, 2.05) is 0 Å². The second-order valence-corrected chi connectivity index (χ2v) is 5.29. The van der Waals surface area contributed by atoms with Gasteiger partial charge in [0.05, 0.1) is 13.0 Å². The van der Waals surface area contributed by atoms with E-state index in [2.05, 4.69) is 9.72 Å². The van der Waals surface area contributed by atoms with Gasteiger partial charge in [0.25, 0.3) is 5.91 Å². The minimum Gasteiger partial charge on any atom is -0.469 e. The van der Waals surface area contributed by atoms with Crippen LogP contribution in [-0.2, 0) is 9.53 Å². The molecule has 0 bridgehead atoms. The molecule has 6 heteroatoms. The molecule has 0 aliphatic heterocycles. The summed E-state index contributed by atoms with van der Waals surface area (Å²) in [6.45, 7) is 6.92. The van der Waals surface area contributed by atoms with Crippen LogP contribution in [0.4, 0.5) is 0 Å². The Morgan fingerprint density at radius 3 is 2.29 bits per heavy atom. The standard InChI is InChI=1S/C15H22N2O4/c1-8(15(20)21-6)7-17(5)14(19)13-9(2)12(11(4)18)10(3)16-13/h8,16H,7H2,1-6H3/t8-/m1/s1. The molecular formula is C15H22N2O4. The number of hydrogen-bond acceptors (Lipinski definition) is 4. The van der Waals surface area contributed by atoms with Crippen molar-refractivity contribution in [1.29, 1.82) is 0 Å². The van der Waals surface area contributed by atoms with Crippen LogP contribution in [0.25, 0.3) is 0 Å². The first-order valence-corrected chi connectivity index (χ1v) is 6.74. The average Bonchev–Trinajstić information content (AvgIpc) is 2.71. The predicted octanol–water partition coefficient (Wildman–Crippen LogP) is 1.72. The lowest BCUT2D eigenvalue weighted by molar-refractivity contribution is -0.145. The summed E-state index contributed by atoms with van der Waals surface area (Å²) in [5.74, 6) is -1.10. The summed E-state index contributed by atoms with van der Waals surface area (Å²) in [7, 11) is 2.93. The molecule has 1 rings (SSSR count). The van der Waals surface area contributed by atoms with Gasteiger partial charge in [-0.3, -0.25) is 14.4 Å². The highest BCUT2D eigenvalue weighted by atomic mass is 16.5. The number of H-pyrrole nitrogens is 1. The Morgan fingerprint density at radius 2 is 1.86 bits per heavy atom. The normalized spacial score (nSPS) is 11.9. The number of aromatic amines is 1. The van der Waals surface area contributed by atoms with E-state index in [1.54, 1.807) is 27.8 Å². The number of amides is 1. The zero-order valence-corrected chi connectivity index (χ0v) is 13.4. The molecule has 6 nitrogen and oxygen atoms in total. The molecule has 0 aliphatic rings. The zero-order valence-electron chi connectivity index (χ0n) is 13.4. The van der Waals surface area contributed by atoms with Crippen LogP contribution < -0.4 is 0 Å². The van der Waals surface area contributed by atoms with Crippen molar-refractivity contribution in [3.8, 4) is 0 Å². The minimum atomic E-state index is -0.410. The van der Waals surface area contributed by atoms with Crippen molar-refractivity contribution in [1.82, 2.24) is 9.88 Å². The minimum absolute atomic E-state index is 0.0779. The summed E-state index contributed by atoms with van der Waals surface area (Å²) in [6.07, 6.45) is 0. The average molecular weight is 294 g/mol. The molecule has 0 unspecified atom stereocenters. The van der Waals surface area contributed by atoms with E-state index in [4.69, 9.17) is 0 Å². The number of Topliss-reactive ketones (excluding diaryl/α,β-unsaturated/α-hetero) is 1. The number of methoxy groups -OCH3 is 1. The number of ether oxygens (including phenoxy) is 1. The van der Waals surface area contributed by atoms with E-state index in [0.717, 1.165) is 0 Å². The fourth-order valence-electron chi connectivity index (χ4n) is 2.45. The van der Waals surface area contributed by atoms with Gasteiger partial charge in [0, 0.05) is 24.8 Å². The number of carbonyl (C=O) groups is 3. The molecule has 0 aromatic carbocycles. The van der Waals surface area contributed by atoms with Gasteiger partial charge in [-0.15, -0.1) is 0 Å². The van der Waals surface area contributed by atoms with E-state index in [-0.39, 0.29) is 24.2 Å². The molecule has 1 atom stereocenters. The largest absolute Gasteiger partial charge is 0.469 e. The molecule has 0 saturated carbocycles. The van der Waals surface area contributed by atoms with E-state index in [1.165, 1.54) is 18.9 Å². The number of nitrogens with zero attached hydrogens (tertiary/aromatic N) is 1. The number of aryl methyl sites for hydroxylation is 1. The van der Waals surface area contributed by atoms with Gasteiger partial charge >= 0.3 is 5.97 Å². The Bertz CT molecular complexity index is 574. The fourth-order valence-corrected chi connectivity index (χ4v) is 2.45. The number of esters is 1. The summed E-state index contributed by atoms with van der Waals surface area (Å²) in [6, 6.07) is 0. The number of hydrogen-bond donors (Lipinski definition) is 1. The van der Waals surface area contributed by atoms with Crippen LogP contribution in [0, 0.1) is 19.8 Å². The van der Waals surface area contributed by atoms with Gasteiger partial charge in [0.2, 0.25) is 0 Å². The van der Waals surface area contributed by atoms with Crippen molar-refractivity contribution in [3.05, 3.63) is 22.5 Å². The van der Waals surface area contributed by atoms with Gasteiger partial charge in [0.1, 0.15) is 5.69 Å². The summed E-state index contributed by atoms with van der Waals surface area (Å²) in [5, 5.41) is 0. The van der Waals surface area contributed by atoms with Gasteiger partial charge in [-0.05, 0) is 26.3 Å². The molecular weight excluding hydrogens is 272 g/mol. The maximum Gasteiger partial charge on any atom is 0.310 e. The van der Waals surface area contributed by atoms with Gasteiger partial charge in [-0.25, -0.2) is 0 Å². The van der Waals surface area contributed by atoms with Crippen LogP contribution in [0.5, 0.6) is 0 Å². The Hall–Kier alpha value is -2.11. The zero-order chi connectivity index (χ0) is 16.3. The maximum absolute atomic E-state index is 12.4. The van der Waals surface area contributed by atoms with E-state index in [9.17, 15) is 14.4 Å². The third-order valence-electron chi connectivity index (χ3n) is 3.50. The molecule has 0 fully saturated rings. The Kier molecular flexibility index (Phi) is 5.29. The molecule has 0 aliphatic carbocycles. The smallest absolute Gasteiger partial charge is 0.310 e. The van der Waals surface area contributed by atoms with Crippen LogP contribution in [0.15, 0.2) is 0 Å². The highest BCUT2D eigenvalue weighted by Crippen LogP contribution is 2.20. The third kappa shape index (κ3) is 3.51. The highest BCUT2D eigenvalue weighted by molar-refractivity contribution is 6.02. The SMILES string of the molecule is COC(=O)[C@H](C)CN(C)C(=O)c1[nH]c(C)c(C(C)=O)c1C. The van der Waals surface area contributed by atoms with E-state index in [0.29, 0.717) is 22.5 Å². The lowest BCUT2D eigenvalue weighted by Gasteiger charge is -2.20. The van der Waals surface area contributed by atoms with Crippen LogP contribution in [0.2, 0.25) is 0 Å². The van der Waals surface area contributed by atoms with Crippen LogP contribution >= 0.6 is 0 Å². The second kappa shape index (κ2) is 6.56. The molecule has 0 radical (unpaired) electrons.